The maximum Gasteiger partial charge on any atom is 0.246 e. The van der Waals surface area contributed by atoms with Crippen molar-refractivity contribution >= 4 is 40.8 Å². The number of rotatable bonds is 8. The van der Waals surface area contributed by atoms with Crippen molar-refractivity contribution in [3.8, 4) is 0 Å². The number of para-hydroxylation sites is 1. The van der Waals surface area contributed by atoms with Crippen LogP contribution in [-0.4, -0.2) is 26.9 Å². The molecular formula is C24H21F2N7O. The maximum atomic E-state index is 13.2. The minimum atomic E-state index is -0.681. The lowest BCUT2D eigenvalue weighted by atomic mass is 10.2. The van der Waals surface area contributed by atoms with E-state index in [-0.39, 0.29) is 35.4 Å². The van der Waals surface area contributed by atoms with Crippen molar-refractivity contribution in [3.05, 3.63) is 90.5 Å². The van der Waals surface area contributed by atoms with Gasteiger partial charge in [0.1, 0.15) is 17.7 Å². The molecule has 172 valence electrons. The highest BCUT2D eigenvalue weighted by atomic mass is 19.1. The highest BCUT2D eigenvalue weighted by Crippen LogP contribution is 2.20. The average molecular weight is 461 g/mol. The van der Waals surface area contributed by atoms with Gasteiger partial charge in [-0.1, -0.05) is 18.2 Å². The number of amides is 1. The molecule has 0 fully saturated rings. The van der Waals surface area contributed by atoms with E-state index in [2.05, 4.69) is 36.2 Å². The van der Waals surface area contributed by atoms with Crippen LogP contribution in [0.25, 0.3) is 0 Å². The summed E-state index contributed by atoms with van der Waals surface area (Å²) < 4.78 is 26.5. The molecule has 1 atom stereocenters. The molecule has 0 aliphatic heterocycles. The van der Waals surface area contributed by atoms with E-state index >= 15 is 0 Å². The van der Waals surface area contributed by atoms with Gasteiger partial charge in [0.25, 0.3) is 0 Å². The molecule has 8 nitrogen and oxygen atoms in total. The zero-order valence-electron chi connectivity index (χ0n) is 18.1. The van der Waals surface area contributed by atoms with E-state index in [0.29, 0.717) is 17.1 Å². The first-order valence-electron chi connectivity index (χ1n) is 10.4. The number of nitrogens with one attached hydrogen (secondary N) is 4. The molecule has 0 saturated carbocycles. The lowest BCUT2D eigenvalue weighted by Gasteiger charge is -2.16. The molecule has 34 heavy (non-hydrogen) atoms. The summed E-state index contributed by atoms with van der Waals surface area (Å²) in [6.07, 6.45) is 0. The summed E-state index contributed by atoms with van der Waals surface area (Å²) >= 11 is 0. The van der Waals surface area contributed by atoms with Crippen LogP contribution in [0.1, 0.15) is 6.92 Å². The number of aromatic nitrogens is 3. The Kier molecular flexibility index (Phi) is 6.87. The topological polar surface area (TPSA) is 104 Å². The molecule has 0 unspecified atom stereocenters. The fraction of sp³-hybridized carbons (Fsp3) is 0.0833. The summed E-state index contributed by atoms with van der Waals surface area (Å²) in [6.45, 7) is 1.67. The first-order valence-corrected chi connectivity index (χ1v) is 10.4. The molecule has 0 aliphatic carbocycles. The Morgan fingerprint density at radius 1 is 0.676 bits per heavy atom. The molecule has 0 bridgehead atoms. The van der Waals surface area contributed by atoms with Crippen LogP contribution in [-0.2, 0) is 4.79 Å². The van der Waals surface area contributed by atoms with E-state index in [1.807, 2.05) is 18.2 Å². The van der Waals surface area contributed by atoms with Crippen LogP contribution in [0.15, 0.2) is 78.9 Å². The highest BCUT2D eigenvalue weighted by Gasteiger charge is 2.16. The van der Waals surface area contributed by atoms with Gasteiger partial charge in [-0.05, 0) is 67.6 Å². The molecular weight excluding hydrogens is 440 g/mol. The van der Waals surface area contributed by atoms with Crippen LogP contribution in [0.2, 0.25) is 0 Å². The van der Waals surface area contributed by atoms with Gasteiger partial charge < -0.3 is 21.3 Å². The smallest absolute Gasteiger partial charge is 0.246 e. The Labute approximate surface area is 194 Å². The van der Waals surface area contributed by atoms with Crippen molar-refractivity contribution in [1.29, 1.82) is 0 Å². The number of halogens is 2. The Morgan fingerprint density at radius 3 is 1.65 bits per heavy atom. The first-order chi connectivity index (χ1) is 16.4. The molecule has 0 aliphatic rings. The van der Waals surface area contributed by atoms with Crippen molar-refractivity contribution < 1.29 is 13.6 Å². The summed E-state index contributed by atoms with van der Waals surface area (Å²) in [5.74, 6) is -0.595. The molecule has 4 aromatic rings. The summed E-state index contributed by atoms with van der Waals surface area (Å²) in [5, 5.41) is 11.7. The Hall–Kier alpha value is -4.60. The fourth-order valence-corrected chi connectivity index (χ4v) is 2.91. The first kappa shape index (κ1) is 22.6. The van der Waals surface area contributed by atoms with Gasteiger partial charge >= 0.3 is 0 Å². The van der Waals surface area contributed by atoms with Crippen LogP contribution >= 0.6 is 0 Å². The Balaban J connectivity index is 1.55. The molecule has 3 aromatic carbocycles. The molecule has 0 saturated heterocycles. The second-order valence-corrected chi connectivity index (χ2v) is 7.29. The standard InChI is InChI=1S/C24H21F2N7O/c1-15(21(34)28-18-5-3-2-4-6-18)27-22-31-23(29-19-11-7-16(25)8-12-19)33-24(32-22)30-20-13-9-17(26)10-14-20/h2-15H,1H3,(H,28,34)(H3,27,29,30,31,32,33)/t15-/m0/s1. The molecule has 1 amide bonds. The average Bonchev–Trinajstić information content (AvgIpc) is 2.82. The second-order valence-electron chi connectivity index (χ2n) is 7.29. The van der Waals surface area contributed by atoms with Crippen LogP contribution in [0.4, 0.5) is 43.7 Å². The zero-order valence-corrected chi connectivity index (χ0v) is 18.1. The third-order valence-electron chi connectivity index (χ3n) is 4.62. The lowest BCUT2D eigenvalue weighted by molar-refractivity contribution is -0.116. The Bertz CT molecular complexity index is 1190. The van der Waals surface area contributed by atoms with Gasteiger partial charge in [-0.25, -0.2) is 8.78 Å². The van der Waals surface area contributed by atoms with Crippen molar-refractivity contribution in [3.63, 3.8) is 0 Å². The normalized spacial score (nSPS) is 11.4. The van der Waals surface area contributed by atoms with E-state index in [4.69, 9.17) is 0 Å². The number of benzene rings is 3. The van der Waals surface area contributed by atoms with E-state index < -0.39 is 6.04 Å². The van der Waals surface area contributed by atoms with Crippen LogP contribution in [0.3, 0.4) is 0 Å². The largest absolute Gasteiger partial charge is 0.342 e. The van der Waals surface area contributed by atoms with Crippen LogP contribution in [0, 0.1) is 11.6 Å². The van der Waals surface area contributed by atoms with Gasteiger partial charge in [0.2, 0.25) is 23.8 Å². The maximum absolute atomic E-state index is 13.2. The minimum absolute atomic E-state index is 0.125. The van der Waals surface area contributed by atoms with Gasteiger partial charge in [-0.3, -0.25) is 4.79 Å². The van der Waals surface area contributed by atoms with Gasteiger partial charge in [0.05, 0.1) is 0 Å². The molecule has 1 heterocycles. The predicted octanol–water partition coefficient (Wildman–Crippen LogP) is 5.08. The van der Waals surface area contributed by atoms with Crippen LogP contribution in [0.5, 0.6) is 0 Å². The number of hydrogen-bond acceptors (Lipinski definition) is 7. The molecule has 10 heteroatoms. The van der Waals surface area contributed by atoms with E-state index in [9.17, 15) is 13.6 Å². The number of nitrogens with zero attached hydrogens (tertiary/aromatic N) is 3. The zero-order chi connectivity index (χ0) is 23.9. The molecule has 1 aromatic heterocycles. The Morgan fingerprint density at radius 2 is 1.15 bits per heavy atom. The molecule has 4 N–H and O–H groups in total. The van der Waals surface area contributed by atoms with Gasteiger partial charge in [0, 0.05) is 17.1 Å². The lowest BCUT2D eigenvalue weighted by Crippen LogP contribution is -2.32. The van der Waals surface area contributed by atoms with E-state index in [0.717, 1.165) is 0 Å². The number of carbonyl (C=O) groups excluding carboxylic acids is 1. The van der Waals surface area contributed by atoms with E-state index in [1.54, 1.807) is 19.1 Å². The minimum Gasteiger partial charge on any atom is -0.342 e. The van der Waals surface area contributed by atoms with Crippen molar-refractivity contribution in [2.24, 2.45) is 0 Å². The third kappa shape index (κ3) is 6.22. The fourth-order valence-electron chi connectivity index (χ4n) is 2.91. The summed E-state index contributed by atoms with van der Waals surface area (Å²) in [7, 11) is 0. The SMILES string of the molecule is C[C@H](Nc1nc(Nc2ccc(F)cc2)nc(Nc2ccc(F)cc2)n1)C(=O)Nc1ccccc1. The van der Waals surface area contributed by atoms with Gasteiger partial charge in [-0.15, -0.1) is 0 Å². The monoisotopic (exact) mass is 461 g/mol. The van der Waals surface area contributed by atoms with E-state index in [1.165, 1.54) is 48.5 Å². The number of carbonyl (C=O) groups is 1. The van der Waals surface area contributed by atoms with Crippen molar-refractivity contribution in [1.82, 2.24) is 15.0 Å². The van der Waals surface area contributed by atoms with Crippen molar-refractivity contribution in [2.75, 3.05) is 21.3 Å². The molecule has 0 spiro atoms. The predicted molar refractivity (Wildman–Crippen MR) is 127 cm³/mol. The summed E-state index contributed by atoms with van der Waals surface area (Å²) in [5.41, 5.74) is 1.77. The number of anilines is 6. The van der Waals surface area contributed by atoms with Crippen LogP contribution < -0.4 is 21.3 Å². The molecule has 4 rings (SSSR count). The second kappa shape index (κ2) is 10.3. The summed E-state index contributed by atoms with van der Waals surface area (Å²) in [4.78, 5) is 25.5. The quantitative estimate of drug-likeness (QED) is 0.290. The summed E-state index contributed by atoms with van der Waals surface area (Å²) in [6, 6.07) is 19.7. The van der Waals surface area contributed by atoms with Gasteiger partial charge in [0.15, 0.2) is 0 Å². The van der Waals surface area contributed by atoms with Crippen molar-refractivity contribution in [2.45, 2.75) is 13.0 Å². The highest BCUT2D eigenvalue weighted by molar-refractivity contribution is 5.96. The molecule has 0 radical (unpaired) electrons. The van der Waals surface area contributed by atoms with Gasteiger partial charge in [-0.2, -0.15) is 15.0 Å². The third-order valence-corrected chi connectivity index (χ3v) is 4.62. The number of hydrogen-bond donors (Lipinski definition) is 4.